The van der Waals surface area contributed by atoms with E-state index in [1.807, 2.05) is 30.9 Å². The molecule has 3 rings (SSSR count). The Bertz CT molecular complexity index is 462. The smallest absolute Gasteiger partial charge is 0.118 e. The second-order valence-electron chi connectivity index (χ2n) is 4.29. The van der Waals surface area contributed by atoms with Gasteiger partial charge in [0.05, 0.1) is 5.69 Å². The van der Waals surface area contributed by atoms with Gasteiger partial charge in [0.2, 0.25) is 0 Å². The van der Waals surface area contributed by atoms with Crippen LogP contribution >= 0.6 is 11.8 Å². The van der Waals surface area contributed by atoms with Crippen LogP contribution < -0.4 is 0 Å². The summed E-state index contributed by atoms with van der Waals surface area (Å²) >= 11 is 1.83. The molecule has 0 spiro atoms. The number of H-pyrrole nitrogens is 2. The summed E-state index contributed by atoms with van der Waals surface area (Å²) in [6.07, 6.45) is 3.14. The average molecular weight is 234 g/mol. The molecule has 0 amide bonds. The van der Waals surface area contributed by atoms with E-state index in [2.05, 4.69) is 26.5 Å². The van der Waals surface area contributed by atoms with Crippen molar-refractivity contribution in [2.24, 2.45) is 5.92 Å². The van der Waals surface area contributed by atoms with E-state index in [4.69, 9.17) is 0 Å². The van der Waals surface area contributed by atoms with Crippen molar-refractivity contribution < 1.29 is 0 Å². The lowest BCUT2D eigenvalue weighted by Gasteiger charge is -1.96. The summed E-state index contributed by atoms with van der Waals surface area (Å²) in [7, 11) is 0. The van der Waals surface area contributed by atoms with E-state index in [1.165, 1.54) is 12.1 Å². The van der Waals surface area contributed by atoms with Gasteiger partial charge in [-0.05, 0) is 31.4 Å². The molecule has 2 atom stereocenters. The van der Waals surface area contributed by atoms with Crippen LogP contribution in [-0.2, 0) is 0 Å². The summed E-state index contributed by atoms with van der Waals surface area (Å²) in [6, 6.07) is 4.17. The topological polar surface area (TPSA) is 57.4 Å². The van der Waals surface area contributed by atoms with Crippen LogP contribution in [-0.4, -0.2) is 26.1 Å². The largest absolute Gasteiger partial charge is 0.285 e. The minimum Gasteiger partial charge on any atom is -0.285 e. The van der Waals surface area contributed by atoms with Crippen LogP contribution in [0.25, 0.3) is 0 Å². The first-order valence-electron chi connectivity index (χ1n) is 5.47. The quantitative estimate of drug-likeness (QED) is 0.798. The standard InChI is InChI=1S/C11H14N4S/c1-7-4-10(14-13-7)9-5-8(9)6-16-11-2-3-12-15-11/h2-4,8-9H,5-6H2,1H3,(H,12,15)(H,13,14). The highest BCUT2D eigenvalue weighted by Gasteiger charge is 2.39. The second-order valence-corrected chi connectivity index (χ2v) is 5.33. The van der Waals surface area contributed by atoms with Crippen molar-refractivity contribution >= 4 is 11.8 Å². The lowest BCUT2D eigenvalue weighted by Crippen LogP contribution is -1.87. The van der Waals surface area contributed by atoms with Crippen LogP contribution in [0.4, 0.5) is 0 Å². The summed E-state index contributed by atoms with van der Waals surface area (Å²) in [5.74, 6) is 2.61. The lowest BCUT2D eigenvalue weighted by molar-refractivity contribution is 0.876. The van der Waals surface area contributed by atoms with Crippen molar-refractivity contribution in [3.63, 3.8) is 0 Å². The maximum absolute atomic E-state index is 4.17. The van der Waals surface area contributed by atoms with E-state index in [1.54, 1.807) is 0 Å². The Morgan fingerprint density at radius 2 is 2.44 bits per heavy atom. The maximum atomic E-state index is 4.17. The molecule has 5 heteroatoms. The molecule has 4 nitrogen and oxygen atoms in total. The summed E-state index contributed by atoms with van der Waals surface area (Å²) in [6.45, 7) is 2.02. The van der Waals surface area contributed by atoms with Gasteiger partial charge < -0.3 is 0 Å². The summed E-state index contributed by atoms with van der Waals surface area (Å²) in [5, 5.41) is 15.3. The Morgan fingerprint density at radius 3 is 3.12 bits per heavy atom. The molecule has 2 aromatic heterocycles. The number of rotatable bonds is 4. The van der Waals surface area contributed by atoms with E-state index in [-0.39, 0.29) is 0 Å². The maximum Gasteiger partial charge on any atom is 0.118 e. The minimum absolute atomic E-state index is 0.688. The molecule has 0 saturated heterocycles. The van der Waals surface area contributed by atoms with Crippen molar-refractivity contribution in [3.05, 3.63) is 29.7 Å². The number of hydrogen-bond donors (Lipinski definition) is 2. The number of aromatic amines is 2. The zero-order valence-electron chi connectivity index (χ0n) is 9.10. The molecule has 2 heterocycles. The van der Waals surface area contributed by atoms with Crippen LogP contribution in [0.2, 0.25) is 0 Å². The molecule has 16 heavy (non-hydrogen) atoms. The predicted molar refractivity (Wildman–Crippen MR) is 63.5 cm³/mol. The zero-order valence-corrected chi connectivity index (χ0v) is 9.92. The van der Waals surface area contributed by atoms with Crippen molar-refractivity contribution in [3.8, 4) is 0 Å². The van der Waals surface area contributed by atoms with Gasteiger partial charge in [-0.3, -0.25) is 10.2 Å². The van der Waals surface area contributed by atoms with E-state index in [0.717, 1.165) is 22.4 Å². The molecule has 1 saturated carbocycles. The van der Waals surface area contributed by atoms with Gasteiger partial charge in [-0.2, -0.15) is 10.2 Å². The Kier molecular flexibility index (Phi) is 2.47. The number of nitrogens with one attached hydrogen (secondary N) is 2. The highest BCUT2D eigenvalue weighted by atomic mass is 32.2. The molecule has 1 aliphatic rings. The summed E-state index contributed by atoms with van der Waals surface area (Å²) < 4.78 is 0. The van der Waals surface area contributed by atoms with E-state index in [9.17, 15) is 0 Å². The molecule has 0 aromatic carbocycles. The molecule has 84 valence electrons. The number of thioether (sulfide) groups is 1. The molecule has 1 fully saturated rings. The molecule has 0 aliphatic heterocycles. The van der Waals surface area contributed by atoms with Crippen LogP contribution in [0.15, 0.2) is 23.4 Å². The van der Waals surface area contributed by atoms with E-state index >= 15 is 0 Å². The molecular formula is C11H14N4S. The normalized spacial score (nSPS) is 23.6. The zero-order chi connectivity index (χ0) is 11.0. The van der Waals surface area contributed by atoms with Gasteiger partial charge in [-0.15, -0.1) is 11.8 Å². The highest BCUT2D eigenvalue weighted by molar-refractivity contribution is 7.99. The number of nitrogens with zero attached hydrogens (tertiary/aromatic N) is 2. The van der Waals surface area contributed by atoms with Crippen LogP contribution in [0.3, 0.4) is 0 Å². The number of aromatic nitrogens is 4. The molecule has 2 aromatic rings. The van der Waals surface area contributed by atoms with Gasteiger partial charge in [-0.1, -0.05) is 0 Å². The van der Waals surface area contributed by atoms with Gasteiger partial charge in [0, 0.05) is 23.6 Å². The Labute approximate surface area is 98.2 Å². The SMILES string of the molecule is Cc1cc(C2CC2CSc2cc[nH]n2)[nH]n1. The average Bonchev–Trinajstić information content (AvgIpc) is 2.70. The Balaban J connectivity index is 1.53. The predicted octanol–water partition coefficient (Wildman–Crippen LogP) is 2.34. The van der Waals surface area contributed by atoms with Crippen LogP contribution in [0.5, 0.6) is 0 Å². The molecule has 2 N–H and O–H groups in total. The third kappa shape index (κ3) is 2.00. The van der Waals surface area contributed by atoms with Gasteiger partial charge >= 0.3 is 0 Å². The minimum atomic E-state index is 0.688. The monoisotopic (exact) mass is 234 g/mol. The summed E-state index contributed by atoms with van der Waals surface area (Å²) in [4.78, 5) is 0. The Morgan fingerprint density at radius 1 is 1.50 bits per heavy atom. The first kappa shape index (κ1) is 9.96. The van der Waals surface area contributed by atoms with Crippen molar-refractivity contribution in [2.45, 2.75) is 24.3 Å². The van der Waals surface area contributed by atoms with Crippen LogP contribution in [0.1, 0.15) is 23.7 Å². The Hall–Kier alpha value is -1.23. The third-order valence-electron chi connectivity index (χ3n) is 2.97. The molecule has 0 bridgehead atoms. The van der Waals surface area contributed by atoms with Crippen molar-refractivity contribution in [1.82, 2.24) is 20.4 Å². The second kappa shape index (κ2) is 3.97. The molecule has 1 aliphatic carbocycles. The van der Waals surface area contributed by atoms with Gasteiger partial charge in [0.25, 0.3) is 0 Å². The molecule has 0 radical (unpaired) electrons. The first-order chi connectivity index (χ1) is 7.83. The number of aryl methyl sites for hydroxylation is 1. The first-order valence-corrected chi connectivity index (χ1v) is 6.46. The molecular weight excluding hydrogens is 220 g/mol. The fourth-order valence-electron chi connectivity index (χ4n) is 1.96. The highest BCUT2D eigenvalue weighted by Crippen LogP contribution is 2.49. The van der Waals surface area contributed by atoms with E-state index < -0.39 is 0 Å². The van der Waals surface area contributed by atoms with Gasteiger partial charge in [-0.25, -0.2) is 0 Å². The fourth-order valence-corrected chi connectivity index (χ4v) is 3.00. The number of hydrogen-bond acceptors (Lipinski definition) is 3. The van der Waals surface area contributed by atoms with E-state index in [0.29, 0.717) is 5.92 Å². The fraction of sp³-hybridized carbons (Fsp3) is 0.455. The third-order valence-corrected chi connectivity index (χ3v) is 4.09. The van der Waals surface area contributed by atoms with Gasteiger partial charge in [0.1, 0.15) is 5.03 Å². The van der Waals surface area contributed by atoms with Crippen molar-refractivity contribution in [2.75, 3.05) is 5.75 Å². The van der Waals surface area contributed by atoms with Gasteiger partial charge in [0.15, 0.2) is 0 Å². The summed E-state index contributed by atoms with van der Waals surface area (Å²) in [5.41, 5.74) is 2.38. The molecule has 2 unspecified atom stereocenters. The van der Waals surface area contributed by atoms with Crippen LogP contribution in [0, 0.1) is 12.8 Å². The lowest BCUT2D eigenvalue weighted by atomic mass is 10.2. The van der Waals surface area contributed by atoms with Crippen molar-refractivity contribution in [1.29, 1.82) is 0 Å².